The lowest BCUT2D eigenvalue weighted by atomic mass is 9.95. The van der Waals surface area contributed by atoms with Gasteiger partial charge in [-0.25, -0.2) is 0 Å². The van der Waals surface area contributed by atoms with Crippen LogP contribution in [0, 0.1) is 0 Å². The Morgan fingerprint density at radius 2 is 2.00 bits per heavy atom. The van der Waals surface area contributed by atoms with Crippen LogP contribution in [-0.4, -0.2) is 35.0 Å². The molecule has 0 saturated heterocycles. The van der Waals surface area contributed by atoms with Gasteiger partial charge in [0.15, 0.2) is 0 Å². The fourth-order valence-corrected chi connectivity index (χ4v) is 3.78. The molecule has 1 saturated carbocycles. The second-order valence-electron chi connectivity index (χ2n) is 6.49. The largest absolute Gasteiger partial charge is 0.497 e. The molecule has 1 aliphatic carbocycles. The molecule has 0 spiro atoms. The fourth-order valence-electron chi connectivity index (χ4n) is 3.06. The van der Waals surface area contributed by atoms with E-state index in [9.17, 15) is 4.79 Å². The molecule has 2 aromatic rings. The molecule has 1 heterocycles. The average Bonchev–Trinajstić information content (AvgIpc) is 3.10. The van der Waals surface area contributed by atoms with E-state index in [-0.39, 0.29) is 5.91 Å². The summed E-state index contributed by atoms with van der Waals surface area (Å²) in [4.78, 5) is 12.0. The second kappa shape index (κ2) is 9.62. The smallest absolute Gasteiger partial charge is 0.276 e. The standard InChI is InChI=1S/C19H25N3O3S/c1-24-16-9-7-14(8-10-16)13-18-21-22-19(25-18)26-12-11-17(23)20-15-5-3-2-4-6-15/h7-10,15H,2-6,11-13H2,1H3,(H,20,23). The van der Waals surface area contributed by atoms with Crippen molar-refractivity contribution in [2.24, 2.45) is 0 Å². The lowest BCUT2D eigenvalue weighted by Gasteiger charge is -2.22. The SMILES string of the molecule is COc1ccc(Cc2nnc(SCCC(=O)NC3CCCCC3)o2)cc1. The van der Waals surface area contributed by atoms with Crippen LogP contribution in [0.4, 0.5) is 0 Å². The first-order chi connectivity index (χ1) is 12.7. The molecule has 1 fully saturated rings. The van der Waals surface area contributed by atoms with E-state index < -0.39 is 0 Å². The van der Waals surface area contributed by atoms with Gasteiger partial charge in [0.05, 0.1) is 13.5 Å². The zero-order valence-electron chi connectivity index (χ0n) is 15.1. The van der Waals surface area contributed by atoms with Crippen LogP contribution < -0.4 is 10.1 Å². The van der Waals surface area contributed by atoms with Crippen LogP contribution in [0.25, 0.3) is 0 Å². The minimum atomic E-state index is 0.113. The number of rotatable bonds is 8. The van der Waals surface area contributed by atoms with E-state index >= 15 is 0 Å². The minimum Gasteiger partial charge on any atom is -0.497 e. The highest BCUT2D eigenvalue weighted by atomic mass is 32.2. The fraction of sp³-hybridized carbons (Fsp3) is 0.526. The van der Waals surface area contributed by atoms with Crippen molar-refractivity contribution in [1.82, 2.24) is 15.5 Å². The van der Waals surface area contributed by atoms with Gasteiger partial charge in [0.25, 0.3) is 5.22 Å². The van der Waals surface area contributed by atoms with Crippen LogP contribution in [-0.2, 0) is 11.2 Å². The number of amides is 1. The number of nitrogens with zero attached hydrogens (tertiary/aromatic N) is 2. The molecular weight excluding hydrogens is 350 g/mol. The number of ether oxygens (including phenoxy) is 1. The highest BCUT2D eigenvalue weighted by molar-refractivity contribution is 7.99. The van der Waals surface area contributed by atoms with Crippen LogP contribution >= 0.6 is 11.8 Å². The van der Waals surface area contributed by atoms with Crippen LogP contribution in [0.3, 0.4) is 0 Å². The normalized spacial score (nSPS) is 15.0. The van der Waals surface area contributed by atoms with Crippen LogP contribution in [0.15, 0.2) is 33.9 Å². The number of carbonyl (C=O) groups excluding carboxylic acids is 1. The van der Waals surface area contributed by atoms with Gasteiger partial charge in [-0.3, -0.25) is 4.79 Å². The van der Waals surface area contributed by atoms with E-state index in [2.05, 4.69) is 15.5 Å². The van der Waals surface area contributed by atoms with Crippen LogP contribution in [0.5, 0.6) is 5.75 Å². The molecule has 1 aliphatic rings. The van der Waals surface area contributed by atoms with Gasteiger partial charge < -0.3 is 14.5 Å². The number of hydrogen-bond acceptors (Lipinski definition) is 6. The van der Waals surface area contributed by atoms with Crippen molar-refractivity contribution in [1.29, 1.82) is 0 Å². The first kappa shape index (κ1) is 18.8. The third-order valence-electron chi connectivity index (χ3n) is 4.49. The molecule has 1 aromatic heterocycles. The Kier molecular flexibility index (Phi) is 6.94. The van der Waals surface area contributed by atoms with E-state index in [4.69, 9.17) is 9.15 Å². The predicted octanol–water partition coefficient (Wildman–Crippen LogP) is 3.60. The average molecular weight is 375 g/mol. The molecule has 1 amide bonds. The number of hydrogen-bond donors (Lipinski definition) is 1. The van der Waals surface area contributed by atoms with Crippen molar-refractivity contribution < 1.29 is 13.9 Å². The van der Waals surface area contributed by atoms with E-state index in [1.165, 1.54) is 31.0 Å². The quantitative estimate of drug-likeness (QED) is 0.711. The van der Waals surface area contributed by atoms with E-state index in [0.29, 0.717) is 35.7 Å². The van der Waals surface area contributed by atoms with Gasteiger partial charge in [0.1, 0.15) is 5.75 Å². The van der Waals surface area contributed by atoms with Crippen molar-refractivity contribution in [2.45, 2.75) is 56.2 Å². The minimum absolute atomic E-state index is 0.113. The Balaban J connectivity index is 1.39. The summed E-state index contributed by atoms with van der Waals surface area (Å²) in [7, 11) is 1.64. The summed E-state index contributed by atoms with van der Waals surface area (Å²) in [6, 6.07) is 8.14. The molecule has 0 aliphatic heterocycles. The third kappa shape index (κ3) is 5.76. The predicted molar refractivity (Wildman–Crippen MR) is 100 cm³/mol. The summed E-state index contributed by atoms with van der Waals surface area (Å²) < 4.78 is 10.8. The van der Waals surface area contributed by atoms with Crippen molar-refractivity contribution >= 4 is 17.7 Å². The summed E-state index contributed by atoms with van der Waals surface area (Å²) in [6.07, 6.45) is 7.00. The van der Waals surface area contributed by atoms with Gasteiger partial charge >= 0.3 is 0 Å². The molecule has 140 valence electrons. The molecule has 3 rings (SSSR count). The van der Waals surface area contributed by atoms with E-state index in [0.717, 1.165) is 24.2 Å². The summed E-state index contributed by atoms with van der Waals surface area (Å²) >= 11 is 1.43. The van der Waals surface area contributed by atoms with Gasteiger partial charge in [0, 0.05) is 18.2 Å². The number of benzene rings is 1. The Morgan fingerprint density at radius 1 is 1.23 bits per heavy atom. The topological polar surface area (TPSA) is 77.2 Å². The number of carbonyl (C=O) groups is 1. The van der Waals surface area contributed by atoms with Crippen LogP contribution in [0.1, 0.15) is 50.0 Å². The lowest BCUT2D eigenvalue weighted by molar-refractivity contribution is -0.121. The molecule has 0 unspecified atom stereocenters. The Labute approximate surface area is 158 Å². The van der Waals surface area contributed by atoms with Crippen molar-refractivity contribution in [3.63, 3.8) is 0 Å². The van der Waals surface area contributed by atoms with Gasteiger partial charge in [0.2, 0.25) is 11.8 Å². The molecular formula is C19H25N3O3S. The highest BCUT2D eigenvalue weighted by Gasteiger charge is 2.16. The number of thioether (sulfide) groups is 1. The molecule has 0 radical (unpaired) electrons. The Hall–Kier alpha value is -2.02. The maximum atomic E-state index is 12.0. The van der Waals surface area contributed by atoms with Gasteiger partial charge in [-0.2, -0.15) is 0 Å². The van der Waals surface area contributed by atoms with Crippen LogP contribution in [0.2, 0.25) is 0 Å². The maximum absolute atomic E-state index is 12.0. The molecule has 0 atom stereocenters. The summed E-state index contributed by atoms with van der Waals surface area (Å²) in [5.74, 6) is 2.15. The van der Waals surface area contributed by atoms with Crippen molar-refractivity contribution in [3.05, 3.63) is 35.7 Å². The third-order valence-corrected chi connectivity index (χ3v) is 5.31. The molecule has 26 heavy (non-hydrogen) atoms. The van der Waals surface area contributed by atoms with Gasteiger partial charge in [-0.05, 0) is 30.5 Å². The molecule has 0 bridgehead atoms. The molecule has 1 aromatic carbocycles. The monoisotopic (exact) mass is 375 g/mol. The second-order valence-corrected chi connectivity index (χ2v) is 7.53. The zero-order chi connectivity index (χ0) is 18.2. The number of aromatic nitrogens is 2. The van der Waals surface area contributed by atoms with Crippen molar-refractivity contribution in [2.75, 3.05) is 12.9 Å². The number of methoxy groups -OCH3 is 1. The molecule has 1 N–H and O–H groups in total. The number of nitrogens with one attached hydrogen (secondary N) is 1. The van der Waals surface area contributed by atoms with E-state index in [1.807, 2.05) is 24.3 Å². The summed E-state index contributed by atoms with van der Waals surface area (Å²) in [5, 5.41) is 11.8. The molecule has 6 nitrogen and oxygen atoms in total. The van der Waals surface area contributed by atoms with Crippen molar-refractivity contribution in [3.8, 4) is 5.75 Å². The Bertz CT molecular complexity index is 696. The first-order valence-corrected chi connectivity index (χ1v) is 10.1. The first-order valence-electron chi connectivity index (χ1n) is 9.10. The summed E-state index contributed by atoms with van der Waals surface area (Å²) in [5.41, 5.74) is 1.08. The van der Waals surface area contributed by atoms with Gasteiger partial charge in [-0.1, -0.05) is 43.2 Å². The highest BCUT2D eigenvalue weighted by Crippen LogP contribution is 2.20. The van der Waals surface area contributed by atoms with E-state index in [1.54, 1.807) is 7.11 Å². The molecule has 7 heteroatoms. The Morgan fingerprint density at radius 3 is 2.73 bits per heavy atom. The maximum Gasteiger partial charge on any atom is 0.276 e. The lowest BCUT2D eigenvalue weighted by Crippen LogP contribution is -2.36. The summed E-state index contributed by atoms with van der Waals surface area (Å²) in [6.45, 7) is 0. The van der Waals surface area contributed by atoms with Gasteiger partial charge in [-0.15, -0.1) is 10.2 Å². The zero-order valence-corrected chi connectivity index (χ0v) is 15.9.